The number of imide groups is 1. The molecule has 2 aliphatic carbocycles. The molecule has 1 heterocycles. The van der Waals surface area contributed by atoms with Gasteiger partial charge in [0.05, 0.1) is 5.92 Å². The Balaban J connectivity index is 1.64. The quantitative estimate of drug-likeness (QED) is 0.336. The minimum atomic E-state index is -0.422. The normalized spacial score (nSPS) is 24.5. The third-order valence-electron chi connectivity index (χ3n) is 4.68. The number of amides is 3. The van der Waals surface area contributed by atoms with Crippen molar-refractivity contribution in [1.82, 2.24) is 10.4 Å². The molecule has 6 nitrogen and oxygen atoms in total. The van der Waals surface area contributed by atoms with Crippen molar-refractivity contribution in [3.05, 3.63) is 47.6 Å². The number of piperidine rings is 1. The van der Waals surface area contributed by atoms with Crippen LogP contribution in [0.15, 0.2) is 47.6 Å². The van der Waals surface area contributed by atoms with Crippen LogP contribution in [0, 0.1) is 11.8 Å². The lowest BCUT2D eigenvalue weighted by Crippen LogP contribution is -2.51. The number of unbranched alkanes of at least 4 members (excludes halogenated alkanes) is 2. The molecule has 0 radical (unpaired) electrons. The van der Waals surface area contributed by atoms with E-state index in [9.17, 15) is 14.4 Å². The zero-order valence-electron chi connectivity index (χ0n) is 13.3. The standard InChI is InChI=1S/C18H20N2O4/c21-15(19-24)10-2-1-3-11-20-17(22)13-8-4-6-12-7-5-9-14(16(12)13)18(20)23/h4-9,13,16,24H,1-3,10-11H2,(H,19,21). The maximum atomic E-state index is 12.7. The van der Waals surface area contributed by atoms with Crippen molar-refractivity contribution in [2.24, 2.45) is 11.8 Å². The molecular weight excluding hydrogens is 308 g/mol. The van der Waals surface area contributed by atoms with Crippen LogP contribution in [-0.4, -0.2) is 34.4 Å². The highest BCUT2D eigenvalue weighted by atomic mass is 16.5. The number of likely N-dealkylation sites (tertiary alicyclic amines) is 1. The van der Waals surface area contributed by atoms with Gasteiger partial charge in [-0.3, -0.25) is 24.5 Å². The molecule has 3 rings (SSSR count). The molecule has 3 aliphatic rings. The Labute approximate surface area is 140 Å². The predicted octanol–water partition coefficient (Wildman–Crippen LogP) is 1.65. The number of carbonyl (C=O) groups excluding carboxylic acids is 3. The van der Waals surface area contributed by atoms with Gasteiger partial charge < -0.3 is 0 Å². The molecule has 0 saturated carbocycles. The highest BCUT2D eigenvalue weighted by molar-refractivity contribution is 6.10. The molecule has 2 atom stereocenters. The largest absolute Gasteiger partial charge is 0.289 e. The van der Waals surface area contributed by atoms with E-state index in [1.165, 1.54) is 4.90 Å². The van der Waals surface area contributed by atoms with Crippen molar-refractivity contribution in [3.8, 4) is 0 Å². The molecule has 2 N–H and O–H groups in total. The van der Waals surface area contributed by atoms with Gasteiger partial charge in [-0.2, -0.15) is 0 Å². The topological polar surface area (TPSA) is 86.7 Å². The zero-order valence-corrected chi connectivity index (χ0v) is 13.3. The second-order valence-electron chi connectivity index (χ2n) is 6.18. The zero-order chi connectivity index (χ0) is 17.1. The van der Waals surface area contributed by atoms with Gasteiger partial charge in [0, 0.05) is 24.5 Å². The Morgan fingerprint density at radius 1 is 1.17 bits per heavy atom. The van der Waals surface area contributed by atoms with Crippen LogP contribution >= 0.6 is 0 Å². The van der Waals surface area contributed by atoms with E-state index in [0.717, 1.165) is 5.57 Å². The molecule has 1 aliphatic heterocycles. The van der Waals surface area contributed by atoms with E-state index in [0.29, 0.717) is 31.4 Å². The molecule has 3 amide bonds. The summed E-state index contributed by atoms with van der Waals surface area (Å²) in [5.74, 6) is -1.23. The van der Waals surface area contributed by atoms with Crippen LogP contribution in [0.1, 0.15) is 25.7 Å². The molecular formula is C18H20N2O4. The van der Waals surface area contributed by atoms with Crippen LogP contribution in [0.25, 0.3) is 0 Å². The van der Waals surface area contributed by atoms with E-state index in [1.54, 1.807) is 5.48 Å². The van der Waals surface area contributed by atoms with Crippen molar-refractivity contribution < 1.29 is 19.6 Å². The third kappa shape index (κ3) is 2.97. The SMILES string of the molecule is O=C(CCCCCN1C(=O)C2=CC=CC3=CC=CC(C1=O)C32)NO. The first-order valence-corrected chi connectivity index (χ1v) is 8.19. The number of carbonyl (C=O) groups is 3. The van der Waals surface area contributed by atoms with Gasteiger partial charge in [-0.15, -0.1) is 0 Å². The summed E-state index contributed by atoms with van der Waals surface area (Å²) in [4.78, 5) is 37.7. The first kappa shape index (κ1) is 16.4. The Hall–Kier alpha value is -2.47. The monoisotopic (exact) mass is 328 g/mol. The number of hydrogen-bond acceptors (Lipinski definition) is 4. The van der Waals surface area contributed by atoms with Crippen LogP contribution in [0.3, 0.4) is 0 Å². The first-order chi connectivity index (χ1) is 11.6. The lowest BCUT2D eigenvalue weighted by Gasteiger charge is -2.39. The summed E-state index contributed by atoms with van der Waals surface area (Å²) in [6.07, 6.45) is 13.5. The van der Waals surface area contributed by atoms with E-state index in [1.807, 2.05) is 36.5 Å². The fourth-order valence-corrected chi connectivity index (χ4v) is 3.47. The number of nitrogens with zero attached hydrogens (tertiary/aromatic N) is 1. The molecule has 0 spiro atoms. The van der Waals surface area contributed by atoms with Gasteiger partial charge in [0.15, 0.2) is 0 Å². The number of rotatable bonds is 6. The van der Waals surface area contributed by atoms with Gasteiger partial charge in [-0.1, -0.05) is 42.9 Å². The molecule has 1 fully saturated rings. The highest BCUT2D eigenvalue weighted by Gasteiger charge is 2.45. The van der Waals surface area contributed by atoms with Gasteiger partial charge in [-0.25, -0.2) is 5.48 Å². The van der Waals surface area contributed by atoms with Crippen molar-refractivity contribution >= 4 is 17.7 Å². The smallest absolute Gasteiger partial charge is 0.257 e. The van der Waals surface area contributed by atoms with Crippen molar-refractivity contribution in [3.63, 3.8) is 0 Å². The van der Waals surface area contributed by atoms with Crippen LogP contribution in [0.2, 0.25) is 0 Å². The number of hydroxylamine groups is 1. The Kier molecular flexibility index (Phi) is 4.76. The van der Waals surface area contributed by atoms with E-state index in [-0.39, 0.29) is 30.1 Å². The Morgan fingerprint density at radius 3 is 2.79 bits per heavy atom. The number of hydrogen-bond donors (Lipinski definition) is 2. The lowest BCUT2D eigenvalue weighted by atomic mass is 9.71. The van der Waals surface area contributed by atoms with E-state index >= 15 is 0 Å². The van der Waals surface area contributed by atoms with Gasteiger partial charge in [0.25, 0.3) is 5.91 Å². The van der Waals surface area contributed by atoms with E-state index < -0.39 is 5.91 Å². The summed E-state index contributed by atoms with van der Waals surface area (Å²) in [7, 11) is 0. The second-order valence-corrected chi connectivity index (χ2v) is 6.18. The summed E-state index contributed by atoms with van der Waals surface area (Å²) in [6.45, 7) is 0.357. The highest BCUT2D eigenvalue weighted by Crippen LogP contribution is 2.41. The number of nitrogens with one attached hydrogen (secondary N) is 1. The average molecular weight is 328 g/mol. The first-order valence-electron chi connectivity index (χ1n) is 8.19. The molecule has 24 heavy (non-hydrogen) atoms. The minimum Gasteiger partial charge on any atom is -0.289 e. The van der Waals surface area contributed by atoms with Crippen LogP contribution in [0.5, 0.6) is 0 Å². The van der Waals surface area contributed by atoms with Gasteiger partial charge in [0.2, 0.25) is 11.8 Å². The van der Waals surface area contributed by atoms with Crippen LogP contribution in [-0.2, 0) is 14.4 Å². The molecule has 0 aromatic rings. The Bertz CT molecular complexity index is 687. The summed E-state index contributed by atoms with van der Waals surface area (Å²) in [5.41, 5.74) is 3.28. The lowest BCUT2D eigenvalue weighted by molar-refractivity contribution is -0.148. The maximum absolute atomic E-state index is 12.7. The Morgan fingerprint density at radius 2 is 2.00 bits per heavy atom. The molecule has 6 heteroatoms. The summed E-state index contributed by atoms with van der Waals surface area (Å²) < 4.78 is 0. The second kappa shape index (κ2) is 6.97. The maximum Gasteiger partial charge on any atom is 0.257 e. The van der Waals surface area contributed by atoms with Gasteiger partial charge in [0.1, 0.15) is 0 Å². The van der Waals surface area contributed by atoms with Crippen molar-refractivity contribution in [2.75, 3.05) is 6.54 Å². The van der Waals surface area contributed by atoms with E-state index in [4.69, 9.17) is 5.21 Å². The van der Waals surface area contributed by atoms with E-state index in [2.05, 4.69) is 0 Å². The fraction of sp³-hybridized carbons (Fsp3) is 0.389. The average Bonchev–Trinajstić information content (AvgIpc) is 2.61. The molecule has 126 valence electrons. The van der Waals surface area contributed by atoms with Gasteiger partial charge in [-0.05, 0) is 18.4 Å². The molecule has 0 aromatic heterocycles. The fourth-order valence-electron chi connectivity index (χ4n) is 3.47. The van der Waals surface area contributed by atoms with Crippen LogP contribution < -0.4 is 5.48 Å². The summed E-state index contributed by atoms with van der Waals surface area (Å²) in [6, 6.07) is 0. The van der Waals surface area contributed by atoms with Crippen LogP contribution in [0.4, 0.5) is 0 Å². The summed E-state index contributed by atoms with van der Waals surface area (Å²) >= 11 is 0. The third-order valence-corrected chi connectivity index (χ3v) is 4.68. The minimum absolute atomic E-state index is 0.146. The molecule has 2 unspecified atom stereocenters. The number of allylic oxidation sites excluding steroid dienone is 6. The van der Waals surface area contributed by atoms with Crippen molar-refractivity contribution in [1.29, 1.82) is 0 Å². The van der Waals surface area contributed by atoms with Gasteiger partial charge >= 0.3 is 0 Å². The van der Waals surface area contributed by atoms with Crippen molar-refractivity contribution in [2.45, 2.75) is 25.7 Å². The summed E-state index contributed by atoms with van der Waals surface area (Å²) in [5, 5.41) is 8.44. The molecule has 1 saturated heterocycles. The molecule has 0 aromatic carbocycles. The molecule has 0 bridgehead atoms. The predicted molar refractivity (Wildman–Crippen MR) is 86.5 cm³/mol.